The van der Waals surface area contributed by atoms with E-state index in [9.17, 15) is 4.79 Å². The molecule has 1 heterocycles. The molecule has 0 spiro atoms. The maximum absolute atomic E-state index is 12.3. The topological polar surface area (TPSA) is 92.8 Å². The highest BCUT2D eigenvalue weighted by molar-refractivity contribution is 6.38. The Morgan fingerprint density at radius 3 is 2.62 bits per heavy atom. The SMILES string of the molecule is COc1ccc(N=CC(=NN)c2cc3ccccc3[nH]c2=O)cc1. The third kappa shape index (κ3) is 3.17. The van der Waals surface area contributed by atoms with E-state index in [1.165, 1.54) is 6.21 Å². The lowest BCUT2D eigenvalue weighted by atomic mass is 10.1. The van der Waals surface area contributed by atoms with E-state index in [1.807, 2.05) is 24.3 Å². The van der Waals surface area contributed by atoms with Crippen LogP contribution < -0.4 is 16.1 Å². The van der Waals surface area contributed by atoms with Crippen molar-refractivity contribution in [1.29, 1.82) is 0 Å². The number of hydrazone groups is 1. The van der Waals surface area contributed by atoms with E-state index in [0.717, 1.165) is 16.7 Å². The second-order valence-corrected chi connectivity index (χ2v) is 5.07. The van der Waals surface area contributed by atoms with Crippen molar-refractivity contribution in [3.05, 3.63) is 70.5 Å². The fourth-order valence-electron chi connectivity index (χ4n) is 2.31. The molecule has 3 N–H and O–H groups in total. The van der Waals surface area contributed by atoms with Gasteiger partial charge in [-0.15, -0.1) is 0 Å². The Bertz CT molecular complexity index is 972. The fraction of sp³-hybridized carbons (Fsp3) is 0.0556. The van der Waals surface area contributed by atoms with Gasteiger partial charge in [-0.25, -0.2) is 0 Å². The van der Waals surface area contributed by atoms with Crippen molar-refractivity contribution in [2.45, 2.75) is 0 Å². The Hall–Kier alpha value is -3.41. The van der Waals surface area contributed by atoms with Crippen LogP contribution in [0.2, 0.25) is 0 Å². The van der Waals surface area contributed by atoms with Crippen molar-refractivity contribution in [3.8, 4) is 5.75 Å². The summed E-state index contributed by atoms with van der Waals surface area (Å²) in [4.78, 5) is 19.4. The molecule has 0 atom stereocenters. The van der Waals surface area contributed by atoms with E-state index >= 15 is 0 Å². The summed E-state index contributed by atoms with van der Waals surface area (Å²) in [5.74, 6) is 6.19. The first-order valence-electron chi connectivity index (χ1n) is 7.29. The number of para-hydroxylation sites is 1. The zero-order valence-electron chi connectivity index (χ0n) is 13.1. The maximum atomic E-state index is 12.3. The first-order chi connectivity index (χ1) is 11.7. The maximum Gasteiger partial charge on any atom is 0.258 e. The Morgan fingerprint density at radius 2 is 1.92 bits per heavy atom. The number of hydrogen-bond donors (Lipinski definition) is 2. The number of nitrogens with zero attached hydrogens (tertiary/aromatic N) is 2. The average Bonchev–Trinajstić information content (AvgIpc) is 2.63. The minimum Gasteiger partial charge on any atom is -0.497 e. The van der Waals surface area contributed by atoms with Crippen molar-refractivity contribution >= 4 is 28.5 Å². The van der Waals surface area contributed by atoms with Gasteiger partial charge < -0.3 is 15.6 Å². The number of nitrogens with two attached hydrogens (primary N) is 1. The van der Waals surface area contributed by atoms with Crippen molar-refractivity contribution in [3.63, 3.8) is 0 Å². The third-order valence-electron chi connectivity index (χ3n) is 3.58. The molecule has 0 radical (unpaired) electrons. The number of rotatable bonds is 4. The monoisotopic (exact) mass is 320 g/mol. The zero-order chi connectivity index (χ0) is 16.9. The molecule has 0 saturated heterocycles. The lowest BCUT2D eigenvalue weighted by Crippen LogP contribution is -2.20. The minimum absolute atomic E-state index is 0.265. The molecular formula is C18H16N4O2. The van der Waals surface area contributed by atoms with Gasteiger partial charge in [-0.05, 0) is 41.8 Å². The van der Waals surface area contributed by atoms with Crippen molar-refractivity contribution in [2.24, 2.45) is 15.9 Å². The van der Waals surface area contributed by atoms with Crippen LogP contribution >= 0.6 is 0 Å². The molecule has 3 aromatic rings. The smallest absolute Gasteiger partial charge is 0.258 e. The number of aromatic nitrogens is 1. The molecule has 0 bridgehead atoms. The minimum atomic E-state index is -0.265. The predicted molar refractivity (Wildman–Crippen MR) is 96.4 cm³/mol. The number of ether oxygens (including phenoxy) is 1. The summed E-state index contributed by atoms with van der Waals surface area (Å²) >= 11 is 0. The number of H-pyrrole nitrogens is 1. The molecule has 24 heavy (non-hydrogen) atoms. The number of fused-ring (bicyclic) bond motifs is 1. The summed E-state index contributed by atoms with van der Waals surface area (Å²) in [5, 5.41) is 4.59. The van der Waals surface area contributed by atoms with Crippen LogP contribution in [0.15, 0.2) is 69.5 Å². The molecule has 0 amide bonds. The van der Waals surface area contributed by atoms with Crippen LogP contribution in [0.4, 0.5) is 5.69 Å². The van der Waals surface area contributed by atoms with E-state index in [1.54, 1.807) is 37.4 Å². The first kappa shape index (κ1) is 15.5. The first-order valence-corrected chi connectivity index (χ1v) is 7.29. The summed E-state index contributed by atoms with van der Waals surface area (Å²) in [6.07, 6.45) is 1.47. The Balaban J connectivity index is 1.95. The zero-order valence-corrected chi connectivity index (χ0v) is 13.1. The molecular weight excluding hydrogens is 304 g/mol. The second-order valence-electron chi connectivity index (χ2n) is 5.07. The highest BCUT2D eigenvalue weighted by atomic mass is 16.5. The van der Waals surface area contributed by atoms with Gasteiger partial charge in [-0.1, -0.05) is 18.2 Å². The molecule has 0 fully saturated rings. The van der Waals surface area contributed by atoms with Gasteiger partial charge in [0.2, 0.25) is 0 Å². The largest absolute Gasteiger partial charge is 0.497 e. The molecule has 0 aliphatic rings. The standard InChI is InChI=1S/C18H16N4O2/c1-24-14-8-6-13(7-9-14)20-11-17(22-19)15-10-12-4-2-3-5-16(12)21-18(15)23/h2-11H,19H2,1H3,(H,21,23). The Morgan fingerprint density at radius 1 is 1.17 bits per heavy atom. The molecule has 3 rings (SSSR count). The van der Waals surface area contributed by atoms with Gasteiger partial charge in [0.1, 0.15) is 11.5 Å². The molecule has 0 unspecified atom stereocenters. The summed E-state index contributed by atoms with van der Waals surface area (Å²) in [7, 11) is 1.60. The molecule has 0 aliphatic heterocycles. The van der Waals surface area contributed by atoms with Gasteiger partial charge in [-0.3, -0.25) is 9.79 Å². The average molecular weight is 320 g/mol. The number of benzene rings is 2. The van der Waals surface area contributed by atoms with E-state index in [0.29, 0.717) is 17.0 Å². The molecule has 0 saturated carbocycles. The number of nitrogens with one attached hydrogen (secondary N) is 1. The van der Waals surface area contributed by atoms with Crippen LogP contribution in [0.1, 0.15) is 5.56 Å². The quantitative estimate of drug-likeness (QED) is 0.439. The van der Waals surface area contributed by atoms with E-state index in [2.05, 4.69) is 15.1 Å². The van der Waals surface area contributed by atoms with Gasteiger partial charge in [0, 0.05) is 5.52 Å². The molecule has 0 aliphatic carbocycles. The van der Waals surface area contributed by atoms with E-state index in [4.69, 9.17) is 10.6 Å². The fourth-order valence-corrected chi connectivity index (χ4v) is 2.31. The van der Waals surface area contributed by atoms with Gasteiger partial charge in [0.25, 0.3) is 5.56 Å². The Kier molecular flexibility index (Phi) is 4.38. The summed E-state index contributed by atoms with van der Waals surface area (Å²) in [5.41, 5.74) is 1.87. The molecule has 6 nitrogen and oxygen atoms in total. The summed E-state index contributed by atoms with van der Waals surface area (Å²) in [6.45, 7) is 0. The van der Waals surface area contributed by atoms with Crippen LogP contribution in [0.5, 0.6) is 5.75 Å². The van der Waals surface area contributed by atoms with Gasteiger partial charge >= 0.3 is 0 Å². The number of methoxy groups -OCH3 is 1. The van der Waals surface area contributed by atoms with Gasteiger partial charge in [0.15, 0.2) is 0 Å². The highest BCUT2D eigenvalue weighted by Crippen LogP contribution is 2.17. The van der Waals surface area contributed by atoms with Gasteiger partial charge in [-0.2, -0.15) is 5.10 Å². The number of hydrogen-bond acceptors (Lipinski definition) is 5. The Labute approximate surface area is 138 Å². The lowest BCUT2D eigenvalue weighted by Gasteiger charge is -2.03. The summed E-state index contributed by atoms with van der Waals surface area (Å²) < 4.78 is 5.10. The lowest BCUT2D eigenvalue weighted by molar-refractivity contribution is 0.415. The molecule has 2 aromatic carbocycles. The number of pyridine rings is 1. The van der Waals surface area contributed by atoms with Crippen LogP contribution in [-0.2, 0) is 0 Å². The third-order valence-corrected chi connectivity index (χ3v) is 3.58. The number of aliphatic imine (C=N–C) groups is 1. The summed E-state index contributed by atoms with van der Waals surface area (Å²) in [6, 6.07) is 16.5. The van der Waals surface area contributed by atoms with Crippen molar-refractivity contribution < 1.29 is 4.74 Å². The van der Waals surface area contributed by atoms with E-state index < -0.39 is 0 Å². The van der Waals surface area contributed by atoms with Gasteiger partial charge in [0.05, 0.1) is 24.6 Å². The van der Waals surface area contributed by atoms with Crippen molar-refractivity contribution in [1.82, 2.24) is 4.98 Å². The highest BCUT2D eigenvalue weighted by Gasteiger charge is 2.08. The van der Waals surface area contributed by atoms with Crippen LogP contribution in [0.3, 0.4) is 0 Å². The molecule has 1 aromatic heterocycles. The van der Waals surface area contributed by atoms with Crippen molar-refractivity contribution in [2.75, 3.05) is 7.11 Å². The van der Waals surface area contributed by atoms with Crippen LogP contribution in [0.25, 0.3) is 10.9 Å². The van der Waals surface area contributed by atoms with Crippen LogP contribution in [0, 0.1) is 0 Å². The molecule has 6 heteroatoms. The van der Waals surface area contributed by atoms with E-state index in [-0.39, 0.29) is 5.56 Å². The second kappa shape index (κ2) is 6.78. The predicted octanol–water partition coefficient (Wildman–Crippen LogP) is 2.60. The number of aromatic amines is 1. The normalized spacial score (nSPS) is 12.0. The van der Waals surface area contributed by atoms with Crippen LogP contribution in [-0.4, -0.2) is 24.0 Å². The molecule has 120 valence electrons.